The van der Waals surface area contributed by atoms with Gasteiger partial charge in [-0.25, -0.2) is 0 Å². The molecule has 0 bridgehead atoms. The van der Waals surface area contributed by atoms with Gasteiger partial charge in [0.2, 0.25) is 5.52 Å². The molecule has 0 aliphatic rings. The molecule has 1 unspecified atom stereocenters. The normalized spacial score (nSPS) is 13.9. The van der Waals surface area contributed by atoms with E-state index in [1.54, 1.807) is 19.1 Å². The number of aromatic nitrogens is 1. The number of benzene rings is 1. The van der Waals surface area contributed by atoms with E-state index < -0.39 is 25.5 Å². The molecule has 0 saturated heterocycles. The molecule has 1 heterocycles. The molecule has 0 radical (unpaired) electrons. The standard InChI is InChI=1S/C15H20ClNO6S4/c1-2-12(27(21,22)23)10-24-15-17(7-3-4-8-26(18,19)20)13-9-11(16)5-6-14(13)25-15/h5-6,9,12H,2-4,7-8,10H2,1H3,(H-,18,19,20,21,22,23)/p+1. The molecule has 1 atom stereocenters. The monoisotopic (exact) mass is 474 g/mol. The third-order valence-corrected chi connectivity index (χ3v) is 9.13. The topological polar surface area (TPSA) is 113 Å². The molecule has 0 saturated carbocycles. The van der Waals surface area contributed by atoms with Crippen LogP contribution in [0.1, 0.15) is 26.2 Å². The molecular formula is C15H21ClNO6S4+. The summed E-state index contributed by atoms with van der Waals surface area (Å²) in [5.74, 6) is -0.0968. The lowest BCUT2D eigenvalue weighted by Crippen LogP contribution is -2.35. The van der Waals surface area contributed by atoms with E-state index in [4.69, 9.17) is 16.2 Å². The first-order valence-electron chi connectivity index (χ1n) is 8.17. The lowest BCUT2D eigenvalue weighted by atomic mass is 10.3. The van der Waals surface area contributed by atoms with Gasteiger partial charge in [-0.15, -0.1) is 0 Å². The fourth-order valence-corrected chi connectivity index (χ4v) is 7.05. The largest absolute Gasteiger partial charge is 0.298 e. The zero-order valence-corrected chi connectivity index (χ0v) is 18.6. The summed E-state index contributed by atoms with van der Waals surface area (Å²) in [4.78, 5) is 0. The van der Waals surface area contributed by atoms with Crippen molar-refractivity contribution in [1.82, 2.24) is 0 Å². The van der Waals surface area contributed by atoms with Crippen molar-refractivity contribution < 1.29 is 30.5 Å². The van der Waals surface area contributed by atoms with Crippen molar-refractivity contribution in [2.75, 3.05) is 11.5 Å². The molecule has 0 spiro atoms. The quantitative estimate of drug-likeness (QED) is 0.235. The van der Waals surface area contributed by atoms with Crippen LogP contribution in [0, 0.1) is 0 Å². The maximum absolute atomic E-state index is 11.4. The van der Waals surface area contributed by atoms with Crippen molar-refractivity contribution in [1.29, 1.82) is 0 Å². The maximum atomic E-state index is 11.4. The highest BCUT2D eigenvalue weighted by Crippen LogP contribution is 2.31. The van der Waals surface area contributed by atoms with Crippen LogP contribution in [0.3, 0.4) is 0 Å². The molecule has 2 rings (SSSR count). The van der Waals surface area contributed by atoms with Gasteiger partial charge >= 0.3 is 0 Å². The van der Waals surface area contributed by atoms with Crippen LogP contribution in [0.4, 0.5) is 0 Å². The van der Waals surface area contributed by atoms with E-state index in [2.05, 4.69) is 0 Å². The fourth-order valence-electron chi connectivity index (χ4n) is 2.49. The molecule has 1 aromatic carbocycles. The van der Waals surface area contributed by atoms with E-state index in [-0.39, 0.29) is 11.5 Å². The summed E-state index contributed by atoms with van der Waals surface area (Å²) < 4.78 is 66.5. The molecule has 2 N–H and O–H groups in total. The molecule has 152 valence electrons. The van der Waals surface area contributed by atoms with E-state index in [0.717, 1.165) is 14.6 Å². The maximum Gasteiger partial charge on any atom is 0.298 e. The smallest absolute Gasteiger partial charge is 0.286 e. The number of hydrogen-bond donors (Lipinski definition) is 2. The highest BCUT2D eigenvalue weighted by atomic mass is 35.5. The minimum atomic E-state index is -4.11. The van der Waals surface area contributed by atoms with Crippen molar-refractivity contribution in [3.63, 3.8) is 0 Å². The Morgan fingerprint density at radius 1 is 1.22 bits per heavy atom. The summed E-state index contributed by atoms with van der Waals surface area (Å²) in [6, 6.07) is 5.45. The van der Waals surface area contributed by atoms with Gasteiger partial charge in [-0.05, 0) is 36.7 Å². The molecule has 0 aliphatic heterocycles. The number of rotatable bonds is 10. The van der Waals surface area contributed by atoms with Crippen LogP contribution in [0.2, 0.25) is 5.02 Å². The van der Waals surface area contributed by atoms with Crippen LogP contribution in [0.25, 0.3) is 10.2 Å². The molecule has 7 nitrogen and oxygen atoms in total. The summed E-state index contributed by atoms with van der Waals surface area (Å²) in [5.41, 5.74) is 0.877. The summed E-state index contributed by atoms with van der Waals surface area (Å²) in [6.45, 7) is 2.20. The van der Waals surface area contributed by atoms with Crippen molar-refractivity contribution in [2.45, 2.75) is 42.3 Å². The molecule has 27 heavy (non-hydrogen) atoms. The Bertz CT molecular complexity index is 1000. The van der Waals surface area contributed by atoms with Crippen LogP contribution >= 0.6 is 34.7 Å². The van der Waals surface area contributed by atoms with Gasteiger partial charge in [0, 0.05) is 23.3 Å². The fraction of sp³-hybridized carbons (Fsp3) is 0.533. The SMILES string of the molecule is CCC(CSc1sc2ccc(Cl)cc2[n+]1CCCCS(=O)(=O)O)S(=O)(=O)O. The lowest BCUT2D eigenvalue weighted by Gasteiger charge is -2.09. The Balaban J connectivity index is 2.23. The van der Waals surface area contributed by atoms with Gasteiger partial charge in [0.05, 0.1) is 11.0 Å². The van der Waals surface area contributed by atoms with Gasteiger partial charge in [0.15, 0.2) is 6.54 Å². The number of fused-ring (bicyclic) bond motifs is 1. The molecular weight excluding hydrogens is 454 g/mol. The second kappa shape index (κ2) is 9.38. The number of nitrogens with zero attached hydrogens (tertiary/aromatic N) is 1. The van der Waals surface area contributed by atoms with E-state index >= 15 is 0 Å². The van der Waals surface area contributed by atoms with E-state index in [1.165, 1.54) is 23.1 Å². The van der Waals surface area contributed by atoms with Gasteiger partial charge in [0.1, 0.15) is 4.70 Å². The second-order valence-corrected chi connectivity index (χ2v) is 12.0. The van der Waals surface area contributed by atoms with Gasteiger partial charge in [-0.1, -0.05) is 29.9 Å². The molecule has 2 aromatic rings. The molecule has 12 heteroatoms. The van der Waals surface area contributed by atoms with Gasteiger partial charge in [-0.2, -0.15) is 21.4 Å². The van der Waals surface area contributed by atoms with Crippen molar-refractivity contribution >= 4 is 65.2 Å². The summed E-state index contributed by atoms with van der Waals surface area (Å²) >= 11 is 8.91. The number of hydrogen-bond acceptors (Lipinski definition) is 6. The number of halogens is 1. The first-order valence-corrected chi connectivity index (χ1v) is 13.5. The number of aryl methyl sites for hydroxylation is 1. The average molecular weight is 475 g/mol. The predicted octanol–water partition coefficient (Wildman–Crippen LogP) is 3.27. The highest BCUT2D eigenvalue weighted by molar-refractivity contribution is 8.01. The Hall–Kier alpha value is -0.430. The highest BCUT2D eigenvalue weighted by Gasteiger charge is 2.26. The van der Waals surface area contributed by atoms with E-state index in [9.17, 15) is 21.4 Å². The van der Waals surface area contributed by atoms with E-state index in [0.29, 0.717) is 30.8 Å². The van der Waals surface area contributed by atoms with Gasteiger partial charge < -0.3 is 0 Å². The van der Waals surface area contributed by atoms with Crippen LogP contribution in [0.15, 0.2) is 22.5 Å². The summed E-state index contributed by atoms with van der Waals surface area (Å²) in [5, 5.41) is -0.294. The van der Waals surface area contributed by atoms with Gasteiger partial charge in [0.25, 0.3) is 24.6 Å². The minimum absolute atomic E-state index is 0.209. The molecule has 0 amide bonds. The first kappa shape index (κ1) is 22.9. The Labute approximate surface area is 172 Å². The van der Waals surface area contributed by atoms with Crippen molar-refractivity contribution in [3.8, 4) is 0 Å². The van der Waals surface area contributed by atoms with Crippen molar-refractivity contribution in [3.05, 3.63) is 23.2 Å². The van der Waals surface area contributed by atoms with Crippen molar-refractivity contribution in [2.24, 2.45) is 0 Å². The summed E-state index contributed by atoms with van der Waals surface area (Å²) in [7, 11) is -8.11. The second-order valence-electron chi connectivity index (χ2n) is 5.98. The van der Waals surface area contributed by atoms with Crippen LogP contribution in [-0.4, -0.2) is 42.7 Å². The third kappa shape index (κ3) is 6.84. The van der Waals surface area contributed by atoms with E-state index in [1.807, 2.05) is 10.6 Å². The Morgan fingerprint density at radius 3 is 2.52 bits per heavy atom. The average Bonchev–Trinajstić information content (AvgIpc) is 2.87. The number of thiazole rings is 1. The Morgan fingerprint density at radius 2 is 1.93 bits per heavy atom. The van der Waals surface area contributed by atoms with Crippen LogP contribution in [0.5, 0.6) is 0 Å². The van der Waals surface area contributed by atoms with Crippen LogP contribution < -0.4 is 4.57 Å². The first-order chi connectivity index (χ1) is 12.5. The molecule has 0 fully saturated rings. The molecule has 1 aromatic heterocycles. The third-order valence-electron chi connectivity index (χ3n) is 3.93. The number of thioether (sulfide) groups is 1. The predicted molar refractivity (Wildman–Crippen MR) is 109 cm³/mol. The minimum Gasteiger partial charge on any atom is -0.286 e. The summed E-state index contributed by atoms with van der Waals surface area (Å²) in [6.07, 6.45) is 1.12. The zero-order chi connectivity index (χ0) is 20.2. The lowest BCUT2D eigenvalue weighted by molar-refractivity contribution is -0.702. The number of unbranched alkanes of at least 4 members (excludes halogenated alkanes) is 1. The zero-order valence-electron chi connectivity index (χ0n) is 14.5. The van der Waals surface area contributed by atoms with Crippen LogP contribution in [-0.2, 0) is 26.8 Å². The Kier molecular flexibility index (Phi) is 7.94. The molecule has 0 aliphatic carbocycles. The van der Waals surface area contributed by atoms with Gasteiger partial charge in [-0.3, -0.25) is 9.11 Å².